The van der Waals surface area contributed by atoms with Gasteiger partial charge in [-0.15, -0.1) is 0 Å². The Morgan fingerprint density at radius 3 is 2.78 bits per heavy atom. The average Bonchev–Trinajstić information content (AvgIpc) is 2.35. The summed E-state index contributed by atoms with van der Waals surface area (Å²) in [7, 11) is 0. The van der Waals surface area contributed by atoms with Crippen LogP contribution in [0.2, 0.25) is 5.02 Å². The lowest BCUT2D eigenvalue weighted by atomic mass is 9.93. The van der Waals surface area contributed by atoms with Crippen LogP contribution in [0.1, 0.15) is 25.7 Å². The molecule has 0 aromatic heterocycles. The van der Waals surface area contributed by atoms with Crippen LogP contribution in [0.3, 0.4) is 0 Å². The second-order valence-electron chi connectivity index (χ2n) is 4.50. The fourth-order valence-electron chi connectivity index (χ4n) is 2.11. The third kappa shape index (κ3) is 3.37. The minimum atomic E-state index is -0.495. The highest BCUT2D eigenvalue weighted by Gasteiger charge is 2.25. The summed E-state index contributed by atoms with van der Waals surface area (Å²) in [6.07, 6.45) is 3.21. The summed E-state index contributed by atoms with van der Waals surface area (Å²) in [6, 6.07) is 6.98. The summed E-state index contributed by atoms with van der Waals surface area (Å²) in [5.74, 6) is 0. The van der Waals surface area contributed by atoms with Crippen LogP contribution in [0.4, 0.5) is 10.5 Å². The fraction of sp³-hybridized carbons (Fsp3) is 0.462. The van der Waals surface area contributed by atoms with E-state index in [2.05, 4.69) is 5.32 Å². The van der Waals surface area contributed by atoms with Gasteiger partial charge in [-0.1, -0.05) is 30.2 Å². The monoisotopic (exact) mass is 268 g/mol. The summed E-state index contributed by atoms with van der Waals surface area (Å²) >= 11 is 5.94. The third-order valence-corrected chi connectivity index (χ3v) is 3.45. The van der Waals surface area contributed by atoms with Gasteiger partial charge >= 0.3 is 6.09 Å². The Hall–Kier alpha value is -1.26. The van der Waals surface area contributed by atoms with Crippen LogP contribution in [-0.2, 0) is 4.74 Å². The Morgan fingerprint density at radius 1 is 1.33 bits per heavy atom. The van der Waals surface area contributed by atoms with Gasteiger partial charge in [0.25, 0.3) is 0 Å². The number of benzene rings is 1. The fourth-order valence-corrected chi connectivity index (χ4v) is 2.29. The Labute approximate surface area is 111 Å². The maximum Gasteiger partial charge on any atom is 0.411 e. The van der Waals surface area contributed by atoms with Crippen LogP contribution in [-0.4, -0.2) is 18.2 Å². The number of ether oxygens (including phenoxy) is 1. The number of carbonyl (C=O) groups excluding carboxylic acids is 1. The molecule has 98 valence electrons. The summed E-state index contributed by atoms with van der Waals surface area (Å²) in [6.45, 7) is 0. The highest BCUT2D eigenvalue weighted by atomic mass is 35.5. The number of amides is 1. The van der Waals surface area contributed by atoms with E-state index in [0.29, 0.717) is 10.7 Å². The first-order valence-corrected chi connectivity index (χ1v) is 6.52. The van der Waals surface area contributed by atoms with E-state index in [-0.39, 0.29) is 12.1 Å². The Kier molecular flexibility index (Phi) is 4.44. The predicted molar refractivity (Wildman–Crippen MR) is 71.8 cm³/mol. The molecule has 1 aliphatic rings. The standard InChI is InChI=1S/C13H17ClN2O2/c14-9-5-1-3-7-11(9)16-13(17)18-12-8-4-2-6-10(12)15/h1,3,5,7,10,12H,2,4,6,8,15H2,(H,16,17). The number of hydrogen-bond donors (Lipinski definition) is 2. The van der Waals surface area contributed by atoms with E-state index in [4.69, 9.17) is 22.1 Å². The van der Waals surface area contributed by atoms with Gasteiger partial charge in [0, 0.05) is 6.04 Å². The molecule has 2 unspecified atom stereocenters. The van der Waals surface area contributed by atoms with Crippen molar-refractivity contribution >= 4 is 23.4 Å². The summed E-state index contributed by atoms with van der Waals surface area (Å²) < 4.78 is 5.33. The molecule has 1 amide bonds. The number of anilines is 1. The van der Waals surface area contributed by atoms with E-state index in [1.165, 1.54) is 0 Å². The topological polar surface area (TPSA) is 64.3 Å². The first-order valence-electron chi connectivity index (χ1n) is 6.14. The number of para-hydroxylation sites is 1. The van der Waals surface area contributed by atoms with Crippen molar-refractivity contribution in [2.24, 2.45) is 5.73 Å². The van der Waals surface area contributed by atoms with Crippen molar-refractivity contribution in [2.75, 3.05) is 5.32 Å². The first kappa shape index (κ1) is 13.2. The Bertz CT molecular complexity index is 425. The average molecular weight is 269 g/mol. The van der Waals surface area contributed by atoms with Crippen LogP contribution in [0.25, 0.3) is 0 Å². The Balaban J connectivity index is 1.90. The quantitative estimate of drug-likeness (QED) is 0.866. The van der Waals surface area contributed by atoms with Crippen molar-refractivity contribution in [3.8, 4) is 0 Å². The van der Waals surface area contributed by atoms with Crippen molar-refractivity contribution in [1.29, 1.82) is 0 Å². The minimum Gasteiger partial charge on any atom is -0.444 e. The molecule has 0 bridgehead atoms. The van der Waals surface area contributed by atoms with Gasteiger partial charge in [-0.3, -0.25) is 5.32 Å². The molecule has 3 N–H and O–H groups in total. The van der Waals surface area contributed by atoms with Crippen LogP contribution in [0, 0.1) is 0 Å². The van der Waals surface area contributed by atoms with Crippen LogP contribution >= 0.6 is 11.6 Å². The van der Waals surface area contributed by atoms with Gasteiger partial charge in [-0.05, 0) is 31.4 Å². The van der Waals surface area contributed by atoms with E-state index in [1.54, 1.807) is 24.3 Å². The molecule has 0 radical (unpaired) electrons. The summed E-state index contributed by atoms with van der Waals surface area (Å²) in [5.41, 5.74) is 6.47. The number of nitrogens with two attached hydrogens (primary N) is 1. The van der Waals surface area contributed by atoms with Crippen LogP contribution < -0.4 is 11.1 Å². The van der Waals surface area contributed by atoms with Gasteiger partial charge in [0.15, 0.2) is 0 Å². The Morgan fingerprint density at radius 2 is 2.06 bits per heavy atom. The molecule has 1 saturated carbocycles. The zero-order valence-corrected chi connectivity index (χ0v) is 10.8. The second kappa shape index (κ2) is 6.07. The van der Waals surface area contributed by atoms with Gasteiger partial charge in [0.05, 0.1) is 10.7 Å². The SMILES string of the molecule is NC1CCCCC1OC(=O)Nc1ccccc1Cl. The second-order valence-corrected chi connectivity index (χ2v) is 4.90. The number of carbonyl (C=O) groups is 1. The lowest BCUT2D eigenvalue weighted by molar-refractivity contribution is 0.0728. The van der Waals surface area contributed by atoms with Crippen LogP contribution in [0.15, 0.2) is 24.3 Å². The molecule has 2 rings (SSSR count). The molecule has 0 aliphatic heterocycles. The highest BCUT2D eigenvalue weighted by molar-refractivity contribution is 6.33. The molecule has 1 fully saturated rings. The van der Waals surface area contributed by atoms with E-state index in [0.717, 1.165) is 25.7 Å². The van der Waals surface area contributed by atoms with E-state index >= 15 is 0 Å². The molecular formula is C13H17ClN2O2. The minimum absolute atomic E-state index is 0.0595. The molecule has 1 aliphatic carbocycles. The van der Waals surface area contributed by atoms with Gasteiger partial charge in [0.1, 0.15) is 6.10 Å². The normalized spacial score (nSPS) is 23.4. The molecule has 1 aromatic rings. The molecule has 2 atom stereocenters. The van der Waals surface area contributed by atoms with Crippen LogP contribution in [0.5, 0.6) is 0 Å². The highest BCUT2D eigenvalue weighted by Crippen LogP contribution is 2.23. The molecule has 5 heteroatoms. The van der Waals surface area contributed by atoms with Crippen molar-refractivity contribution < 1.29 is 9.53 Å². The lowest BCUT2D eigenvalue weighted by Crippen LogP contribution is -2.41. The van der Waals surface area contributed by atoms with Crippen molar-refractivity contribution in [1.82, 2.24) is 0 Å². The van der Waals surface area contributed by atoms with Crippen molar-refractivity contribution in [3.63, 3.8) is 0 Å². The third-order valence-electron chi connectivity index (χ3n) is 3.12. The zero-order chi connectivity index (χ0) is 13.0. The molecule has 4 nitrogen and oxygen atoms in total. The summed E-state index contributed by atoms with van der Waals surface area (Å²) in [4.78, 5) is 11.7. The van der Waals surface area contributed by atoms with E-state index in [1.807, 2.05) is 0 Å². The molecule has 18 heavy (non-hydrogen) atoms. The van der Waals surface area contributed by atoms with E-state index in [9.17, 15) is 4.79 Å². The zero-order valence-electron chi connectivity index (χ0n) is 10.1. The van der Waals surface area contributed by atoms with E-state index < -0.39 is 6.09 Å². The maximum atomic E-state index is 11.7. The van der Waals surface area contributed by atoms with Crippen molar-refractivity contribution in [2.45, 2.75) is 37.8 Å². The van der Waals surface area contributed by atoms with Gasteiger partial charge < -0.3 is 10.5 Å². The molecule has 1 aromatic carbocycles. The number of hydrogen-bond acceptors (Lipinski definition) is 3. The number of halogens is 1. The number of rotatable bonds is 2. The van der Waals surface area contributed by atoms with Gasteiger partial charge in [-0.2, -0.15) is 0 Å². The smallest absolute Gasteiger partial charge is 0.411 e. The molecule has 0 saturated heterocycles. The van der Waals surface area contributed by atoms with Gasteiger partial charge in [-0.25, -0.2) is 4.79 Å². The molecule has 0 spiro atoms. The molecular weight excluding hydrogens is 252 g/mol. The predicted octanol–water partition coefficient (Wildman–Crippen LogP) is 3.16. The lowest BCUT2D eigenvalue weighted by Gasteiger charge is -2.28. The number of nitrogens with one attached hydrogen (secondary N) is 1. The summed E-state index contributed by atoms with van der Waals surface area (Å²) in [5, 5.41) is 3.12. The maximum absolute atomic E-state index is 11.7. The molecule has 0 heterocycles. The largest absolute Gasteiger partial charge is 0.444 e. The van der Waals surface area contributed by atoms with Crippen molar-refractivity contribution in [3.05, 3.63) is 29.3 Å². The van der Waals surface area contributed by atoms with Gasteiger partial charge in [0.2, 0.25) is 0 Å². The first-order chi connectivity index (χ1) is 8.66.